The maximum atomic E-state index is 13.1. The molecular formula is C27H25NO5. The maximum Gasteiger partial charge on any atom is 0.339 e. The zero-order valence-electron chi connectivity index (χ0n) is 18.7. The molecule has 3 aromatic rings. The number of amides is 1. The van der Waals surface area contributed by atoms with Crippen LogP contribution < -0.4 is 10.1 Å². The van der Waals surface area contributed by atoms with Gasteiger partial charge in [0.05, 0.1) is 12.7 Å². The number of ketones is 1. The number of Topliss-reactive ketones (excluding diaryl/α,β-unsaturated/α-hetero) is 1. The second-order valence-electron chi connectivity index (χ2n) is 7.37. The molecular weight excluding hydrogens is 418 g/mol. The van der Waals surface area contributed by atoms with E-state index in [1.807, 2.05) is 36.4 Å². The minimum absolute atomic E-state index is 0.0635. The van der Waals surface area contributed by atoms with E-state index in [0.29, 0.717) is 28.1 Å². The highest BCUT2D eigenvalue weighted by molar-refractivity contribution is 6.22. The molecule has 0 fully saturated rings. The smallest absolute Gasteiger partial charge is 0.339 e. The summed E-state index contributed by atoms with van der Waals surface area (Å²) >= 11 is 0. The van der Waals surface area contributed by atoms with Gasteiger partial charge in [0.1, 0.15) is 5.75 Å². The SMILES string of the molecule is COc1cccc(/C=C(/C(=O)O[C@H](C)C(=O)Nc2ccc(C(C)=O)cc2)c2ccccc2)c1. The lowest BCUT2D eigenvalue weighted by atomic mass is 10.0. The number of nitrogens with one attached hydrogen (secondary N) is 1. The van der Waals surface area contributed by atoms with Crippen LogP contribution in [0, 0.1) is 0 Å². The van der Waals surface area contributed by atoms with E-state index in [9.17, 15) is 14.4 Å². The minimum atomic E-state index is -1.04. The number of esters is 1. The van der Waals surface area contributed by atoms with Gasteiger partial charge in [0.2, 0.25) is 0 Å². The van der Waals surface area contributed by atoms with Crippen molar-refractivity contribution < 1.29 is 23.9 Å². The van der Waals surface area contributed by atoms with Crippen LogP contribution in [0.5, 0.6) is 5.75 Å². The average Bonchev–Trinajstić information content (AvgIpc) is 2.83. The van der Waals surface area contributed by atoms with Crippen molar-refractivity contribution in [2.45, 2.75) is 20.0 Å². The Bertz CT molecular complexity index is 1170. The Balaban J connectivity index is 1.77. The van der Waals surface area contributed by atoms with Crippen molar-refractivity contribution in [2.24, 2.45) is 0 Å². The molecule has 0 bridgehead atoms. The summed E-state index contributed by atoms with van der Waals surface area (Å²) in [6.45, 7) is 2.98. The fourth-order valence-electron chi connectivity index (χ4n) is 3.09. The summed E-state index contributed by atoms with van der Waals surface area (Å²) in [7, 11) is 1.57. The Kier molecular flexibility index (Phi) is 7.76. The first kappa shape index (κ1) is 23.5. The molecule has 33 heavy (non-hydrogen) atoms. The summed E-state index contributed by atoms with van der Waals surface area (Å²) in [6, 6.07) is 22.9. The molecule has 0 aliphatic carbocycles. The molecule has 3 rings (SSSR count). The molecule has 1 amide bonds. The van der Waals surface area contributed by atoms with Crippen LogP contribution in [0.1, 0.15) is 35.3 Å². The molecule has 3 aromatic carbocycles. The molecule has 168 valence electrons. The van der Waals surface area contributed by atoms with Crippen LogP contribution in [-0.2, 0) is 14.3 Å². The van der Waals surface area contributed by atoms with Gasteiger partial charge in [0.25, 0.3) is 5.91 Å². The molecule has 0 saturated heterocycles. The van der Waals surface area contributed by atoms with Gasteiger partial charge in [0, 0.05) is 11.3 Å². The number of benzene rings is 3. The predicted molar refractivity (Wildman–Crippen MR) is 128 cm³/mol. The van der Waals surface area contributed by atoms with E-state index in [1.165, 1.54) is 13.8 Å². The van der Waals surface area contributed by atoms with Crippen molar-refractivity contribution in [1.29, 1.82) is 0 Å². The lowest BCUT2D eigenvalue weighted by Gasteiger charge is -2.15. The molecule has 0 radical (unpaired) electrons. The molecule has 6 heteroatoms. The Morgan fingerprint density at radius 3 is 2.21 bits per heavy atom. The van der Waals surface area contributed by atoms with Crippen molar-refractivity contribution in [3.05, 3.63) is 95.6 Å². The summed E-state index contributed by atoms with van der Waals surface area (Å²) in [5.74, 6) is -0.508. The third-order valence-electron chi connectivity index (χ3n) is 4.92. The van der Waals surface area contributed by atoms with E-state index >= 15 is 0 Å². The summed E-state index contributed by atoms with van der Waals surface area (Å²) in [4.78, 5) is 37.0. The highest BCUT2D eigenvalue weighted by atomic mass is 16.5. The van der Waals surface area contributed by atoms with Gasteiger partial charge < -0.3 is 14.8 Å². The van der Waals surface area contributed by atoms with Gasteiger partial charge in [-0.25, -0.2) is 4.79 Å². The van der Waals surface area contributed by atoms with Crippen LogP contribution in [0.25, 0.3) is 11.6 Å². The monoisotopic (exact) mass is 443 g/mol. The van der Waals surface area contributed by atoms with Crippen LogP contribution in [-0.4, -0.2) is 30.9 Å². The fraction of sp³-hybridized carbons (Fsp3) is 0.148. The van der Waals surface area contributed by atoms with Gasteiger partial charge in [-0.3, -0.25) is 9.59 Å². The van der Waals surface area contributed by atoms with E-state index < -0.39 is 18.0 Å². The highest BCUT2D eigenvalue weighted by Gasteiger charge is 2.22. The standard InChI is InChI=1S/C27H25NO5/c1-18(29)21-12-14-23(15-13-21)28-26(30)19(2)33-27(31)25(22-9-5-4-6-10-22)17-20-8-7-11-24(16-20)32-3/h4-17,19H,1-3H3,(H,28,30)/b25-17+/t19-/m1/s1. The summed E-state index contributed by atoms with van der Waals surface area (Å²) < 4.78 is 10.7. The van der Waals surface area contributed by atoms with Crippen LogP contribution in [0.2, 0.25) is 0 Å². The second kappa shape index (κ2) is 10.9. The molecule has 0 heterocycles. The number of carbonyl (C=O) groups excluding carboxylic acids is 3. The Morgan fingerprint density at radius 2 is 1.58 bits per heavy atom. The van der Waals surface area contributed by atoms with Crippen LogP contribution in [0.3, 0.4) is 0 Å². The third-order valence-corrected chi connectivity index (χ3v) is 4.92. The number of methoxy groups -OCH3 is 1. The lowest BCUT2D eigenvalue weighted by molar-refractivity contribution is -0.147. The van der Waals surface area contributed by atoms with Crippen molar-refractivity contribution in [3.8, 4) is 5.75 Å². The lowest BCUT2D eigenvalue weighted by Crippen LogP contribution is -2.30. The molecule has 0 spiro atoms. The van der Waals surface area contributed by atoms with E-state index in [2.05, 4.69) is 5.32 Å². The normalized spacial score (nSPS) is 11.9. The average molecular weight is 443 g/mol. The molecule has 0 unspecified atom stereocenters. The van der Waals surface area contributed by atoms with E-state index in [1.54, 1.807) is 55.7 Å². The van der Waals surface area contributed by atoms with Crippen molar-refractivity contribution in [3.63, 3.8) is 0 Å². The molecule has 1 N–H and O–H groups in total. The van der Waals surface area contributed by atoms with Crippen LogP contribution in [0.15, 0.2) is 78.9 Å². The molecule has 6 nitrogen and oxygen atoms in total. The first-order valence-corrected chi connectivity index (χ1v) is 10.4. The molecule has 0 aliphatic rings. The Labute approximate surface area is 192 Å². The van der Waals surface area contributed by atoms with Gasteiger partial charge >= 0.3 is 5.97 Å². The zero-order chi connectivity index (χ0) is 23.8. The largest absolute Gasteiger partial charge is 0.497 e. The van der Waals surface area contributed by atoms with Gasteiger partial charge in [-0.05, 0) is 67.4 Å². The van der Waals surface area contributed by atoms with E-state index in [-0.39, 0.29) is 5.78 Å². The van der Waals surface area contributed by atoms with Crippen molar-refractivity contribution in [1.82, 2.24) is 0 Å². The van der Waals surface area contributed by atoms with Gasteiger partial charge in [0.15, 0.2) is 11.9 Å². The first-order valence-electron chi connectivity index (χ1n) is 10.4. The highest BCUT2D eigenvalue weighted by Crippen LogP contribution is 2.23. The third kappa shape index (κ3) is 6.40. The molecule has 1 atom stereocenters. The van der Waals surface area contributed by atoms with Crippen LogP contribution in [0.4, 0.5) is 5.69 Å². The van der Waals surface area contributed by atoms with Crippen molar-refractivity contribution in [2.75, 3.05) is 12.4 Å². The number of carbonyl (C=O) groups is 3. The number of hydrogen-bond acceptors (Lipinski definition) is 5. The van der Waals surface area contributed by atoms with Gasteiger partial charge in [-0.2, -0.15) is 0 Å². The summed E-state index contributed by atoms with van der Waals surface area (Å²) in [5.41, 5.74) is 2.78. The van der Waals surface area contributed by atoms with Gasteiger partial charge in [-0.1, -0.05) is 42.5 Å². The molecule has 0 saturated carbocycles. The maximum absolute atomic E-state index is 13.1. The Morgan fingerprint density at radius 1 is 0.879 bits per heavy atom. The number of rotatable bonds is 8. The fourth-order valence-corrected chi connectivity index (χ4v) is 3.09. The topological polar surface area (TPSA) is 81.7 Å². The van der Waals surface area contributed by atoms with E-state index in [0.717, 1.165) is 5.56 Å². The first-order chi connectivity index (χ1) is 15.9. The van der Waals surface area contributed by atoms with Crippen LogP contribution >= 0.6 is 0 Å². The quantitative estimate of drug-likeness (QED) is 0.229. The van der Waals surface area contributed by atoms with Crippen molar-refractivity contribution >= 4 is 35.0 Å². The number of anilines is 1. The summed E-state index contributed by atoms with van der Waals surface area (Å²) in [5, 5.41) is 2.69. The molecule has 0 aromatic heterocycles. The number of ether oxygens (including phenoxy) is 2. The second-order valence-corrected chi connectivity index (χ2v) is 7.37. The summed E-state index contributed by atoms with van der Waals surface area (Å²) in [6.07, 6.45) is 0.660. The van der Waals surface area contributed by atoms with Gasteiger partial charge in [-0.15, -0.1) is 0 Å². The Hall–Kier alpha value is -4.19. The van der Waals surface area contributed by atoms with E-state index in [4.69, 9.17) is 9.47 Å². The minimum Gasteiger partial charge on any atom is -0.497 e. The predicted octanol–water partition coefficient (Wildman–Crippen LogP) is 5.01. The zero-order valence-corrected chi connectivity index (χ0v) is 18.7. The molecule has 0 aliphatic heterocycles. The number of hydrogen-bond donors (Lipinski definition) is 1.